The van der Waals surface area contributed by atoms with Crippen molar-refractivity contribution >= 4 is 43.1 Å². The summed E-state index contributed by atoms with van der Waals surface area (Å²) in [7, 11) is 0. The molecule has 2 heterocycles. The fraction of sp³-hybridized carbons (Fsp3) is 0.278. The number of aromatic carboxylic acids is 1. The molecule has 1 aromatic heterocycles. The monoisotopic (exact) mass is 389 g/mol. The molecule has 1 aliphatic heterocycles. The normalized spacial score (nSPS) is 15.7. The molecule has 0 saturated carbocycles. The van der Waals surface area contributed by atoms with Crippen LogP contribution in [0.4, 0.5) is 5.69 Å². The Morgan fingerprint density at radius 3 is 2.23 bits per heavy atom. The fourth-order valence-electron chi connectivity index (χ4n) is 2.72. The number of rotatable bonds is 5. The molecule has 0 spiro atoms. The van der Waals surface area contributed by atoms with Gasteiger partial charge in [-0.15, -0.1) is 25.3 Å². The van der Waals surface area contributed by atoms with E-state index in [0.29, 0.717) is 0 Å². The number of carboxylic acids is 1. The van der Waals surface area contributed by atoms with Crippen molar-refractivity contribution in [2.75, 3.05) is 31.2 Å². The molecular formula is C18H21N4O2S2+. The standard InChI is InChI=1S/C18H20N4O2S2/c23-17(24)15-1-3-16(4-2-15)19-13-14-5-7-21(8-6-14)22-11-9-20(10-12-22)18(25)26/h1-8,13,18H,9-12H2,(H2-,23,24,25,26)/p+1. The number of aromatic nitrogens is 1. The summed E-state index contributed by atoms with van der Waals surface area (Å²) >= 11 is 8.72. The second kappa shape index (κ2) is 8.57. The fourth-order valence-corrected chi connectivity index (χ4v) is 3.18. The molecule has 0 radical (unpaired) electrons. The van der Waals surface area contributed by atoms with E-state index < -0.39 is 5.97 Å². The summed E-state index contributed by atoms with van der Waals surface area (Å²) in [5, 5.41) is 11.2. The summed E-state index contributed by atoms with van der Waals surface area (Å²) in [5.41, 5.74) is 1.95. The molecule has 6 nitrogen and oxygen atoms in total. The van der Waals surface area contributed by atoms with Crippen LogP contribution in [0.5, 0.6) is 0 Å². The molecule has 0 amide bonds. The Morgan fingerprint density at radius 2 is 1.69 bits per heavy atom. The number of thiol groups is 2. The first-order valence-corrected chi connectivity index (χ1v) is 9.30. The van der Waals surface area contributed by atoms with E-state index in [1.54, 1.807) is 30.5 Å². The van der Waals surface area contributed by atoms with Crippen LogP contribution in [-0.4, -0.2) is 53.1 Å². The van der Waals surface area contributed by atoms with Gasteiger partial charge in [0.15, 0.2) is 12.4 Å². The minimum absolute atomic E-state index is 0.00898. The third-order valence-electron chi connectivity index (χ3n) is 4.26. The zero-order valence-electron chi connectivity index (χ0n) is 14.1. The van der Waals surface area contributed by atoms with Gasteiger partial charge in [0.05, 0.1) is 29.0 Å². The first-order chi connectivity index (χ1) is 12.5. The SMILES string of the molecule is O=C(O)c1ccc(N=Cc2cc[n+](N3CCN(C(S)S)CC3)cc2)cc1. The van der Waals surface area contributed by atoms with Gasteiger partial charge in [-0.3, -0.25) is 9.89 Å². The molecule has 3 rings (SSSR count). The highest BCUT2D eigenvalue weighted by molar-refractivity contribution is 7.99. The summed E-state index contributed by atoms with van der Waals surface area (Å²) in [5.74, 6) is -0.937. The van der Waals surface area contributed by atoms with Crippen LogP contribution in [0.2, 0.25) is 0 Å². The maximum Gasteiger partial charge on any atom is 0.335 e. The van der Waals surface area contributed by atoms with E-state index in [0.717, 1.165) is 37.4 Å². The van der Waals surface area contributed by atoms with Gasteiger partial charge in [-0.05, 0) is 24.3 Å². The molecule has 1 N–H and O–H groups in total. The lowest BCUT2D eigenvalue weighted by atomic mass is 10.2. The predicted molar refractivity (Wildman–Crippen MR) is 109 cm³/mol. The van der Waals surface area contributed by atoms with Gasteiger partial charge < -0.3 is 5.11 Å². The summed E-state index contributed by atoms with van der Waals surface area (Å²) in [4.78, 5) is 17.5. The average molecular weight is 390 g/mol. The molecule has 0 aliphatic carbocycles. The van der Waals surface area contributed by atoms with E-state index in [9.17, 15) is 4.79 Å². The second-order valence-corrected chi connectivity index (χ2v) is 7.34. The quantitative estimate of drug-likeness (QED) is 0.316. The molecule has 0 bridgehead atoms. The van der Waals surface area contributed by atoms with Gasteiger partial charge in [-0.2, -0.15) is 5.01 Å². The molecule has 8 heteroatoms. The zero-order chi connectivity index (χ0) is 18.5. The number of carboxylic acid groups (broad SMARTS) is 1. The summed E-state index contributed by atoms with van der Waals surface area (Å²) < 4.78 is 2.08. The molecule has 1 fully saturated rings. The second-order valence-electron chi connectivity index (χ2n) is 5.96. The number of nitrogens with zero attached hydrogens (tertiary/aromatic N) is 4. The van der Waals surface area contributed by atoms with Crippen molar-refractivity contribution in [2.45, 2.75) is 4.71 Å². The Morgan fingerprint density at radius 1 is 1.08 bits per heavy atom. The maximum atomic E-state index is 10.9. The Bertz CT molecular complexity index is 771. The molecular weight excluding hydrogens is 368 g/mol. The van der Waals surface area contributed by atoms with Gasteiger partial charge in [-0.1, -0.05) is 4.68 Å². The van der Waals surface area contributed by atoms with E-state index in [2.05, 4.69) is 44.8 Å². The lowest BCUT2D eigenvalue weighted by Gasteiger charge is -2.33. The van der Waals surface area contributed by atoms with Crippen molar-refractivity contribution in [3.63, 3.8) is 0 Å². The van der Waals surface area contributed by atoms with Crippen molar-refractivity contribution in [3.05, 3.63) is 59.9 Å². The van der Waals surface area contributed by atoms with Crippen LogP contribution in [0.25, 0.3) is 0 Å². The largest absolute Gasteiger partial charge is 0.478 e. The van der Waals surface area contributed by atoms with Crippen molar-refractivity contribution in [1.29, 1.82) is 0 Å². The minimum atomic E-state index is -0.937. The number of hydrogen-bond acceptors (Lipinski definition) is 6. The van der Waals surface area contributed by atoms with Gasteiger partial charge >= 0.3 is 5.97 Å². The average Bonchev–Trinajstić information content (AvgIpc) is 2.67. The van der Waals surface area contributed by atoms with E-state index in [1.165, 1.54) is 0 Å². The Hall–Kier alpha value is -2.03. The van der Waals surface area contributed by atoms with Crippen molar-refractivity contribution < 1.29 is 14.6 Å². The number of piperazine rings is 1. The Balaban J connectivity index is 1.60. The van der Waals surface area contributed by atoms with Gasteiger partial charge in [-0.25, -0.2) is 4.79 Å². The number of benzene rings is 1. The van der Waals surface area contributed by atoms with Crippen LogP contribution in [0.15, 0.2) is 53.8 Å². The van der Waals surface area contributed by atoms with E-state index >= 15 is 0 Å². The van der Waals surface area contributed by atoms with Crippen LogP contribution < -0.4 is 9.69 Å². The lowest BCUT2D eigenvalue weighted by molar-refractivity contribution is -0.694. The van der Waals surface area contributed by atoms with Gasteiger partial charge in [0, 0.05) is 37.0 Å². The smallest absolute Gasteiger partial charge is 0.335 e. The van der Waals surface area contributed by atoms with Crippen LogP contribution in [0.3, 0.4) is 0 Å². The molecule has 2 aromatic rings. The van der Waals surface area contributed by atoms with Crippen molar-refractivity contribution in [2.24, 2.45) is 4.99 Å². The van der Waals surface area contributed by atoms with E-state index in [1.807, 2.05) is 24.5 Å². The zero-order valence-corrected chi connectivity index (χ0v) is 15.9. The first kappa shape index (κ1) is 18.8. The topological polar surface area (TPSA) is 60.0 Å². The minimum Gasteiger partial charge on any atom is -0.478 e. The van der Waals surface area contributed by atoms with Gasteiger partial charge in [0.1, 0.15) is 0 Å². The maximum absolute atomic E-state index is 10.9. The summed E-state index contributed by atoms with van der Waals surface area (Å²) in [6.07, 6.45) is 5.80. The molecule has 1 aromatic carbocycles. The van der Waals surface area contributed by atoms with Gasteiger partial charge in [0.25, 0.3) is 0 Å². The third kappa shape index (κ3) is 4.78. The highest BCUT2D eigenvalue weighted by Crippen LogP contribution is 2.13. The van der Waals surface area contributed by atoms with Gasteiger partial charge in [0.2, 0.25) is 0 Å². The lowest BCUT2D eigenvalue weighted by Crippen LogP contribution is -2.64. The number of carbonyl (C=O) groups is 1. The van der Waals surface area contributed by atoms with Crippen LogP contribution >= 0.6 is 25.3 Å². The molecule has 0 unspecified atom stereocenters. The summed E-state index contributed by atoms with van der Waals surface area (Å²) in [6, 6.07) is 10.5. The van der Waals surface area contributed by atoms with Crippen molar-refractivity contribution in [3.8, 4) is 0 Å². The number of pyridine rings is 1. The number of hydrogen-bond donors (Lipinski definition) is 3. The Kier molecular flexibility index (Phi) is 6.18. The van der Waals surface area contributed by atoms with Crippen molar-refractivity contribution in [1.82, 2.24) is 4.90 Å². The first-order valence-electron chi connectivity index (χ1n) is 8.27. The summed E-state index contributed by atoms with van der Waals surface area (Å²) in [6.45, 7) is 3.71. The van der Waals surface area contributed by atoms with Crippen LogP contribution in [0, 0.1) is 0 Å². The third-order valence-corrected chi connectivity index (χ3v) is 4.91. The van der Waals surface area contributed by atoms with E-state index in [4.69, 9.17) is 5.11 Å². The highest BCUT2D eigenvalue weighted by atomic mass is 32.2. The van der Waals surface area contributed by atoms with E-state index in [-0.39, 0.29) is 10.3 Å². The molecule has 0 atom stereocenters. The number of aliphatic imine (C=N–C) groups is 1. The molecule has 26 heavy (non-hydrogen) atoms. The van der Waals surface area contributed by atoms with Crippen LogP contribution in [0.1, 0.15) is 15.9 Å². The molecule has 136 valence electrons. The predicted octanol–water partition coefficient (Wildman–Crippen LogP) is 1.82. The molecule has 1 aliphatic rings. The highest BCUT2D eigenvalue weighted by Gasteiger charge is 2.23. The molecule has 1 saturated heterocycles. The van der Waals surface area contributed by atoms with Crippen LogP contribution in [-0.2, 0) is 0 Å². The Labute approximate surface area is 163 Å².